The molecule has 2 aromatic carbocycles. The highest BCUT2D eigenvalue weighted by atomic mass is 79.9. The molecule has 20 heavy (non-hydrogen) atoms. The molecule has 0 aliphatic carbocycles. The molecule has 106 valence electrons. The first-order chi connectivity index (χ1) is 9.70. The van der Waals surface area contributed by atoms with Gasteiger partial charge in [-0.25, -0.2) is 0 Å². The van der Waals surface area contributed by atoms with E-state index in [1.165, 1.54) is 16.7 Å². The second-order valence-electron chi connectivity index (χ2n) is 4.54. The first-order valence-electron chi connectivity index (χ1n) is 6.41. The van der Waals surface area contributed by atoms with Crippen molar-refractivity contribution in [2.24, 2.45) is 0 Å². The molecule has 0 bridgehead atoms. The summed E-state index contributed by atoms with van der Waals surface area (Å²) in [5.41, 5.74) is 3.68. The van der Waals surface area contributed by atoms with Crippen molar-refractivity contribution in [3.8, 4) is 0 Å². The lowest BCUT2D eigenvalue weighted by Gasteiger charge is -2.11. The second kappa shape index (κ2) is 7.79. The number of halogens is 2. The van der Waals surface area contributed by atoms with Gasteiger partial charge in [0.15, 0.2) is 0 Å². The van der Waals surface area contributed by atoms with Crippen LogP contribution < -0.4 is 5.32 Å². The van der Waals surface area contributed by atoms with Gasteiger partial charge in [-0.2, -0.15) is 0 Å². The standard InChI is InChI=1S/C16H17BrClNO/c1-20-11-14-5-3-2-4-12(14)9-19-10-13-6-7-15(18)8-16(13)17/h2-8,19H,9-11H2,1H3. The molecule has 0 saturated carbocycles. The molecule has 0 aliphatic heterocycles. The summed E-state index contributed by atoms with van der Waals surface area (Å²) in [6.07, 6.45) is 0. The minimum absolute atomic E-state index is 0.641. The molecule has 4 heteroatoms. The Bertz CT molecular complexity index is 574. The molecule has 0 aliphatic rings. The average Bonchev–Trinajstić information content (AvgIpc) is 2.43. The predicted octanol–water partition coefficient (Wildman–Crippen LogP) is 4.54. The number of methoxy groups -OCH3 is 1. The summed E-state index contributed by atoms with van der Waals surface area (Å²) in [6, 6.07) is 14.2. The Hall–Kier alpha value is -0.870. The van der Waals surface area contributed by atoms with Gasteiger partial charge in [0.05, 0.1) is 6.61 Å². The van der Waals surface area contributed by atoms with Crippen molar-refractivity contribution in [2.75, 3.05) is 7.11 Å². The van der Waals surface area contributed by atoms with Crippen LogP contribution in [0, 0.1) is 0 Å². The number of hydrogen-bond donors (Lipinski definition) is 1. The minimum Gasteiger partial charge on any atom is -0.380 e. The van der Waals surface area contributed by atoms with Gasteiger partial charge in [-0.05, 0) is 28.8 Å². The van der Waals surface area contributed by atoms with Crippen molar-refractivity contribution in [1.82, 2.24) is 5.32 Å². The average molecular weight is 355 g/mol. The van der Waals surface area contributed by atoms with E-state index in [-0.39, 0.29) is 0 Å². The van der Waals surface area contributed by atoms with Crippen LogP contribution in [-0.4, -0.2) is 7.11 Å². The molecule has 0 saturated heterocycles. The molecule has 0 fully saturated rings. The largest absolute Gasteiger partial charge is 0.380 e. The number of rotatable bonds is 6. The number of nitrogens with one attached hydrogen (secondary N) is 1. The zero-order chi connectivity index (χ0) is 14.4. The van der Waals surface area contributed by atoms with Crippen molar-refractivity contribution < 1.29 is 4.74 Å². The van der Waals surface area contributed by atoms with Gasteiger partial charge in [0, 0.05) is 29.7 Å². The summed E-state index contributed by atoms with van der Waals surface area (Å²) in [4.78, 5) is 0. The highest BCUT2D eigenvalue weighted by Crippen LogP contribution is 2.21. The third-order valence-corrected chi connectivity index (χ3v) is 4.04. The molecule has 0 amide bonds. The Kier molecular flexibility index (Phi) is 6.05. The van der Waals surface area contributed by atoms with Gasteiger partial charge in [-0.1, -0.05) is 57.9 Å². The van der Waals surface area contributed by atoms with E-state index in [1.54, 1.807) is 7.11 Å². The summed E-state index contributed by atoms with van der Waals surface area (Å²) in [6.45, 7) is 2.25. The van der Waals surface area contributed by atoms with Crippen molar-refractivity contribution in [1.29, 1.82) is 0 Å². The van der Waals surface area contributed by atoms with Crippen molar-refractivity contribution in [3.05, 3.63) is 68.7 Å². The summed E-state index contributed by atoms with van der Waals surface area (Å²) in [5.74, 6) is 0. The lowest BCUT2D eigenvalue weighted by Crippen LogP contribution is -2.14. The van der Waals surface area contributed by atoms with Gasteiger partial charge in [0.1, 0.15) is 0 Å². The molecule has 0 spiro atoms. The van der Waals surface area contributed by atoms with Gasteiger partial charge in [0.25, 0.3) is 0 Å². The van der Waals surface area contributed by atoms with E-state index in [2.05, 4.69) is 33.4 Å². The Morgan fingerprint density at radius 1 is 1.05 bits per heavy atom. The van der Waals surface area contributed by atoms with Gasteiger partial charge in [0.2, 0.25) is 0 Å². The molecule has 2 aromatic rings. The predicted molar refractivity (Wildman–Crippen MR) is 86.9 cm³/mol. The fourth-order valence-electron chi connectivity index (χ4n) is 2.02. The Morgan fingerprint density at radius 3 is 2.45 bits per heavy atom. The fourth-order valence-corrected chi connectivity index (χ4v) is 2.85. The van der Waals surface area contributed by atoms with Gasteiger partial charge in [-0.3, -0.25) is 0 Å². The van der Waals surface area contributed by atoms with Gasteiger partial charge in [-0.15, -0.1) is 0 Å². The number of benzene rings is 2. The van der Waals surface area contributed by atoms with E-state index in [4.69, 9.17) is 16.3 Å². The second-order valence-corrected chi connectivity index (χ2v) is 5.83. The summed E-state index contributed by atoms with van der Waals surface area (Å²) < 4.78 is 6.25. The zero-order valence-electron chi connectivity index (χ0n) is 11.3. The van der Waals surface area contributed by atoms with Crippen LogP contribution in [0.2, 0.25) is 5.02 Å². The van der Waals surface area contributed by atoms with E-state index in [0.717, 1.165) is 22.6 Å². The quantitative estimate of drug-likeness (QED) is 0.822. The van der Waals surface area contributed by atoms with E-state index in [0.29, 0.717) is 6.61 Å². The molecule has 1 N–H and O–H groups in total. The minimum atomic E-state index is 0.641. The first-order valence-corrected chi connectivity index (χ1v) is 7.58. The van der Waals surface area contributed by atoms with Crippen molar-refractivity contribution in [3.63, 3.8) is 0 Å². The van der Waals surface area contributed by atoms with Crippen LogP contribution in [-0.2, 0) is 24.4 Å². The molecule has 0 radical (unpaired) electrons. The lowest BCUT2D eigenvalue weighted by atomic mass is 10.1. The number of hydrogen-bond acceptors (Lipinski definition) is 2. The Balaban J connectivity index is 1.96. The van der Waals surface area contributed by atoms with E-state index < -0.39 is 0 Å². The van der Waals surface area contributed by atoms with E-state index in [9.17, 15) is 0 Å². The van der Waals surface area contributed by atoms with Crippen LogP contribution in [0.1, 0.15) is 16.7 Å². The molecule has 0 aromatic heterocycles. The molecule has 2 rings (SSSR count). The normalized spacial score (nSPS) is 10.8. The highest BCUT2D eigenvalue weighted by molar-refractivity contribution is 9.10. The third-order valence-electron chi connectivity index (χ3n) is 3.06. The van der Waals surface area contributed by atoms with Crippen LogP contribution in [0.3, 0.4) is 0 Å². The molecule has 0 heterocycles. The Labute approximate surface area is 133 Å². The maximum absolute atomic E-state index is 5.94. The van der Waals surface area contributed by atoms with E-state index in [1.807, 2.05) is 30.3 Å². The fraction of sp³-hybridized carbons (Fsp3) is 0.250. The van der Waals surface area contributed by atoms with Crippen LogP contribution in [0.4, 0.5) is 0 Å². The van der Waals surface area contributed by atoms with Crippen LogP contribution in [0.5, 0.6) is 0 Å². The molecular weight excluding hydrogens is 338 g/mol. The Morgan fingerprint density at radius 2 is 1.75 bits per heavy atom. The maximum Gasteiger partial charge on any atom is 0.0716 e. The van der Waals surface area contributed by atoms with Gasteiger partial charge < -0.3 is 10.1 Å². The SMILES string of the molecule is COCc1ccccc1CNCc1ccc(Cl)cc1Br. The highest BCUT2D eigenvalue weighted by Gasteiger charge is 2.03. The monoisotopic (exact) mass is 353 g/mol. The molecule has 0 atom stereocenters. The maximum atomic E-state index is 5.94. The number of ether oxygens (including phenoxy) is 1. The van der Waals surface area contributed by atoms with Gasteiger partial charge >= 0.3 is 0 Å². The van der Waals surface area contributed by atoms with E-state index >= 15 is 0 Å². The van der Waals surface area contributed by atoms with Crippen LogP contribution >= 0.6 is 27.5 Å². The first kappa shape index (κ1) is 15.5. The summed E-state index contributed by atoms with van der Waals surface area (Å²) >= 11 is 9.47. The van der Waals surface area contributed by atoms with Crippen molar-refractivity contribution >= 4 is 27.5 Å². The molecule has 0 unspecified atom stereocenters. The van der Waals surface area contributed by atoms with Crippen LogP contribution in [0.25, 0.3) is 0 Å². The molecular formula is C16H17BrClNO. The van der Waals surface area contributed by atoms with Crippen molar-refractivity contribution in [2.45, 2.75) is 19.7 Å². The lowest BCUT2D eigenvalue weighted by molar-refractivity contribution is 0.184. The topological polar surface area (TPSA) is 21.3 Å². The summed E-state index contributed by atoms with van der Waals surface area (Å²) in [5, 5.41) is 4.19. The molecule has 2 nitrogen and oxygen atoms in total. The third kappa shape index (κ3) is 4.32. The smallest absolute Gasteiger partial charge is 0.0716 e. The summed E-state index contributed by atoms with van der Waals surface area (Å²) in [7, 11) is 1.72. The zero-order valence-corrected chi connectivity index (χ0v) is 13.7. The van der Waals surface area contributed by atoms with Crippen LogP contribution in [0.15, 0.2) is 46.9 Å².